The fourth-order valence-corrected chi connectivity index (χ4v) is 3.57. The molecule has 0 spiro atoms. The molecule has 9 heteroatoms. The lowest BCUT2D eigenvalue weighted by atomic mass is 10.1. The Balaban J connectivity index is 1.70. The Hall–Kier alpha value is -4.66. The van der Waals surface area contributed by atoms with Gasteiger partial charge in [0.2, 0.25) is 0 Å². The number of rotatable bonds is 6. The quantitative estimate of drug-likeness (QED) is 0.409. The predicted octanol–water partition coefficient (Wildman–Crippen LogP) is 3.33. The van der Waals surface area contributed by atoms with E-state index in [9.17, 15) is 18.8 Å². The van der Waals surface area contributed by atoms with Crippen molar-refractivity contribution in [3.05, 3.63) is 117 Å². The Labute approximate surface area is 194 Å². The fourth-order valence-electron chi connectivity index (χ4n) is 3.57. The molecule has 34 heavy (non-hydrogen) atoms. The molecular formula is C25H22FN5O3. The highest BCUT2D eigenvalue weighted by Crippen LogP contribution is 2.25. The molecule has 0 aliphatic heterocycles. The summed E-state index contributed by atoms with van der Waals surface area (Å²) >= 11 is 0. The number of aromatic nitrogens is 2. The minimum Gasteiger partial charge on any atom is -0.383 e. The van der Waals surface area contributed by atoms with Crippen LogP contribution >= 0.6 is 0 Å². The summed E-state index contributed by atoms with van der Waals surface area (Å²) in [5, 5.41) is 3.08. The Morgan fingerprint density at radius 3 is 2.35 bits per heavy atom. The van der Waals surface area contributed by atoms with Crippen LogP contribution in [0.25, 0.3) is 0 Å². The largest absolute Gasteiger partial charge is 0.383 e. The van der Waals surface area contributed by atoms with Crippen LogP contribution in [0.3, 0.4) is 0 Å². The highest BCUT2D eigenvalue weighted by Gasteiger charge is 2.24. The van der Waals surface area contributed by atoms with Crippen LogP contribution in [-0.4, -0.2) is 22.5 Å². The number of carbonyl (C=O) groups excluding carboxylic acids is 1. The second-order valence-electron chi connectivity index (χ2n) is 7.61. The number of halogens is 1. The number of anilines is 4. The van der Waals surface area contributed by atoms with Crippen molar-refractivity contribution in [2.24, 2.45) is 0 Å². The van der Waals surface area contributed by atoms with Crippen LogP contribution < -0.4 is 27.2 Å². The zero-order valence-corrected chi connectivity index (χ0v) is 18.3. The van der Waals surface area contributed by atoms with Crippen molar-refractivity contribution < 1.29 is 9.18 Å². The van der Waals surface area contributed by atoms with E-state index in [-0.39, 0.29) is 29.4 Å². The third kappa shape index (κ3) is 4.58. The number of nitrogens with two attached hydrogens (primary N) is 1. The first kappa shape index (κ1) is 22.5. The Morgan fingerprint density at radius 1 is 1.00 bits per heavy atom. The Bertz CT molecular complexity index is 1450. The molecule has 0 radical (unpaired) electrons. The van der Waals surface area contributed by atoms with Gasteiger partial charge in [-0.1, -0.05) is 42.5 Å². The van der Waals surface area contributed by atoms with Crippen LogP contribution in [0.15, 0.2) is 88.5 Å². The van der Waals surface area contributed by atoms with Gasteiger partial charge in [-0.05, 0) is 42.0 Å². The molecule has 1 amide bonds. The monoisotopic (exact) mass is 459 g/mol. The second kappa shape index (κ2) is 9.45. The zero-order chi connectivity index (χ0) is 24.2. The zero-order valence-electron chi connectivity index (χ0n) is 18.3. The van der Waals surface area contributed by atoms with Gasteiger partial charge in [0.1, 0.15) is 11.6 Å². The standard InChI is InChI=1S/C25H22FN5O3/c1-30(21-22(27)31(25(34)29-23(21)32)15-16-7-3-2-4-8-16)24(33)19-9-5-6-10-20(19)28-18-13-11-17(26)12-14-18/h2-14,28H,15,27H2,1H3,(H,29,32,34). The highest BCUT2D eigenvalue weighted by atomic mass is 19.1. The van der Waals surface area contributed by atoms with Crippen LogP contribution in [0.2, 0.25) is 0 Å². The predicted molar refractivity (Wildman–Crippen MR) is 130 cm³/mol. The summed E-state index contributed by atoms with van der Waals surface area (Å²) in [6.07, 6.45) is 0. The summed E-state index contributed by atoms with van der Waals surface area (Å²) in [5.74, 6) is -1.03. The minimum absolute atomic E-state index is 0.125. The number of nitrogen functional groups attached to an aromatic ring is 1. The average Bonchev–Trinajstić information content (AvgIpc) is 2.83. The van der Waals surface area contributed by atoms with Crippen LogP contribution in [0.4, 0.5) is 27.3 Å². The van der Waals surface area contributed by atoms with E-state index in [2.05, 4.69) is 10.3 Å². The molecule has 1 heterocycles. The van der Waals surface area contributed by atoms with E-state index in [4.69, 9.17) is 5.73 Å². The summed E-state index contributed by atoms with van der Waals surface area (Å²) < 4.78 is 14.5. The summed E-state index contributed by atoms with van der Waals surface area (Å²) in [7, 11) is 1.41. The summed E-state index contributed by atoms with van der Waals surface area (Å²) in [4.78, 5) is 41.9. The Kier molecular flexibility index (Phi) is 6.26. The van der Waals surface area contributed by atoms with Gasteiger partial charge in [-0.15, -0.1) is 0 Å². The van der Waals surface area contributed by atoms with Crippen molar-refractivity contribution in [1.82, 2.24) is 9.55 Å². The van der Waals surface area contributed by atoms with E-state index < -0.39 is 17.2 Å². The molecule has 3 aromatic carbocycles. The molecule has 8 nitrogen and oxygen atoms in total. The molecule has 0 fully saturated rings. The number of hydrogen-bond acceptors (Lipinski definition) is 5. The molecular weight excluding hydrogens is 437 g/mol. The van der Waals surface area contributed by atoms with Crippen molar-refractivity contribution >= 4 is 28.8 Å². The number of para-hydroxylation sites is 1. The van der Waals surface area contributed by atoms with Crippen molar-refractivity contribution in [1.29, 1.82) is 0 Å². The lowest BCUT2D eigenvalue weighted by Gasteiger charge is -2.22. The van der Waals surface area contributed by atoms with Gasteiger partial charge in [-0.3, -0.25) is 19.1 Å². The van der Waals surface area contributed by atoms with E-state index in [1.807, 2.05) is 30.3 Å². The first-order chi connectivity index (χ1) is 16.3. The van der Waals surface area contributed by atoms with E-state index in [0.29, 0.717) is 11.4 Å². The summed E-state index contributed by atoms with van der Waals surface area (Å²) in [5.41, 5.74) is 6.74. The third-order valence-corrected chi connectivity index (χ3v) is 5.32. The number of amides is 1. The number of H-pyrrole nitrogens is 1. The third-order valence-electron chi connectivity index (χ3n) is 5.32. The second-order valence-corrected chi connectivity index (χ2v) is 7.61. The normalized spacial score (nSPS) is 10.6. The van der Waals surface area contributed by atoms with E-state index in [0.717, 1.165) is 10.5 Å². The molecule has 0 saturated carbocycles. The van der Waals surface area contributed by atoms with Crippen molar-refractivity contribution in [3.8, 4) is 0 Å². The first-order valence-electron chi connectivity index (χ1n) is 10.4. The molecule has 0 aliphatic carbocycles. The number of nitrogens with one attached hydrogen (secondary N) is 2. The van der Waals surface area contributed by atoms with Gasteiger partial charge in [0.05, 0.1) is 17.8 Å². The number of carbonyl (C=O) groups is 1. The molecule has 4 aromatic rings. The number of benzene rings is 3. The maximum Gasteiger partial charge on any atom is 0.330 e. The van der Waals surface area contributed by atoms with Gasteiger partial charge in [0.25, 0.3) is 11.5 Å². The molecule has 4 rings (SSSR count). The first-order valence-corrected chi connectivity index (χ1v) is 10.4. The van der Waals surface area contributed by atoms with Gasteiger partial charge >= 0.3 is 5.69 Å². The maximum absolute atomic E-state index is 13.4. The molecule has 0 aliphatic rings. The van der Waals surface area contributed by atoms with Crippen molar-refractivity contribution in [2.45, 2.75) is 6.54 Å². The van der Waals surface area contributed by atoms with Crippen molar-refractivity contribution in [3.63, 3.8) is 0 Å². The van der Waals surface area contributed by atoms with Crippen LogP contribution in [-0.2, 0) is 6.54 Å². The lowest BCUT2D eigenvalue weighted by Crippen LogP contribution is -2.39. The molecule has 172 valence electrons. The van der Waals surface area contributed by atoms with E-state index in [1.165, 1.54) is 23.7 Å². The van der Waals surface area contributed by atoms with E-state index in [1.54, 1.807) is 36.4 Å². The van der Waals surface area contributed by atoms with Gasteiger partial charge in [-0.2, -0.15) is 0 Å². The van der Waals surface area contributed by atoms with Crippen LogP contribution in [0, 0.1) is 5.82 Å². The minimum atomic E-state index is -0.772. The summed E-state index contributed by atoms with van der Waals surface area (Å²) in [6, 6.07) is 21.5. The molecule has 0 bridgehead atoms. The van der Waals surface area contributed by atoms with Crippen LogP contribution in [0.1, 0.15) is 15.9 Å². The topological polar surface area (TPSA) is 113 Å². The van der Waals surface area contributed by atoms with Crippen molar-refractivity contribution in [2.75, 3.05) is 23.0 Å². The van der Waals surface area contributed by atoms with Gasteiger partial charge in [-0.25, -0.2) is 9.18 Å². The van der Waals surface area contributed by atoms with E-state index >= 15 is 0 Å². The number of hydrogen-bond donors (Lipinski definition) is 3. The molecule has 0 atom stereocenters. The van der Waals surface area contributed by atoms with Gasteiger partial charge < -0.3 is 16.0 Å². The molecule has 0 saturated heterocycles. The highest BCUT2D eigenvalue weighted by molar-refractivity contribution is 6.10. The molecule has 1 aromatic heterocycles. The number of aromatic amines is 1. The lowest BCUT2D eigenvalue weighted by molar-refractivity contribution is 0.0993. The SMILES string of the molecule is CN(C(=O)c1ccccc1Nc1ccc(F)cc1)c1c(N)n(Cc2ccccc2)c(=O)[nH]c1=O. The van der Waals surface area contributed by atoms with Gasteiger partial charge in [0, 0.05) is 12.7 Å². The van der Waals surface area contributed by atoms with Gasteiger partial charge in [0.15, 0.2) is 5.69 Å². The summed E-state index contributed by atoms with van der Waals surface area (Å²) in [6.45, 7) is 0.125. The smallest absolute Gasteiger partial charge is 0.330 e. The molecule has 0 unspecified atom stereocenters. The van der Waals surface area contributed by atoms with Crippen LogP contribution in [0.5, 0.6) is 0 Å². The molecule has 4 N–H and O–H groups in total. The maximum atomic E-state index is 13.4. The number of nitrogens with zero attached hydrogens (tertiary/aromatic N) is 2. The Morgan fingerprint density at radius 2 is 1.65 bits per heavy atom. The average molecular weight is 459 g/mol. The fraction of sp³-hybridized carbons (Fsp3) is 0.0800.